The summed E-state index contributed by atoms with van der Waals surface area (Å²) in [6.07, 6.45) is 9.50. The van der Waals surface area contributed by atoms with Gasteiger partial charge in [-0.1, -0.05) is 36.4 Å². The Balaban J connectivity index is 1.45. The van der Waals surface area contributed by atoms with Gasteiger partial charge in [0.15, 0.2) is 0 Å². The van der Waals surface area contributed by atoms with Gasteiger partial charge in [0.05, 0.1) is 5.60 Å². The minimum absolute atomic E-state index is 0.0426. The highest BCUT2D eigenvalue weighted by molar-refractivity contribution is 5.95. The summed E-state index contributed by atoms with van der Waals surface area (Å²) in [4.78, 5) is 15.8. The second kappa shape index (κ2) is 10.1. The van der Waals surface area contributed by atoms with E-state index in [4.69, 9.17) is 0 Å². The molecule has 2 aromatic heterocycles. The van der Waals surface area contributed by atoms with Crippen LogP contribution >= 0.6 is 0 Å². The zero-order chi connectivity index (χ0) is 25.3. The first kappa shape index (κ1) is 24.5. The van der Waals surface area contributed by atoms with Gasteiger partial charge in [-0.15, -0.1) is 0 Å². The predicted molar refractivity (Wildman–Crippen MR) is 147 cm³/mol. The summed E-state index contributed by atoms with van der Waals surface area (Å²) in [6, 6.07) is 17.2. The van der Waals surface area contributed by atoms with Crippen molar-refractivity contribution in [1.29, 1.82) is 0 Å². The summed E-state index contributed by atoms with van der Waals surface area (Å²) < 4.78 is 1.63. The molecular formula is C31H37N3O2. The Morgan fingerprint density at radius 1 is 1.00 bits per heavy atom. The van der Waals surface area contributed by atoms with Crippen molar-refractivity contribution in [2.45, 2.75) is 51.6 Å². The van der Waals surface area contributed by atoms with Gasteiger partial charge in [0.2, 0.25) is 0 Å². The molecule has 0 amide bonds. The standard InChI is InChI=1S/C31H37N3O2/c1-31(2,36)25-11-10-24(27(19-25)28-20-34(3)30(35)29-26(28)14-17-33-29)18-23-8-6-21(7-9-23)4-5-22-12-15-32-16-13-22/h6-11,14,17,19-20,22,32-33,36H,4-5,12-13,15-16,18H2,1-3H3. The summed E-state index contributed by atoms with van der Waals surface area (Å²) >= 11 is 0. The maximum atomic E-state index is 12.6. The molecule has 4 aromatic rings. The number of aliphatic hydroxyl groups is 1. The molecule has 188 valence electrons. The maximum Gasteiger partial charge on any atom is 0.274 e. The SMILES string of the molecule is Cn1cc(-c2cc(C(C)(C)O)ccc2Cc2ccc(CCC3CCNCC3)cc2)c2cc[nH]c2c1=O. The third kappa shape index (κ3) is 5.18. The van der Waals surface area contributed by atoms with E-state index in [1.165, 1.54) is 36.0 Å². The van der Waals surface area contributed by atoms with Crippen molar-refractivity contribution in [3.63, 3.8) is 0 Å². The van der Waals surface area contributed by atoms with Crippen LogP contribution in [0.3, 0.4) is 0 Å². The van der Waals surface area contributed by atoms with E-state index in [2.05, 4.69) is 46.7 Å². The van der Waals surface area contributed by atoms with Gasteiger partial charge < -0.3 is 20.0 Å². The fourth-order valence-corrected chi connectivity index (χ4v) is 5.43. The number of fused-ring (bicyclic) bond motifs is 1. The van der Waals surface area contributed by atoms with Crippen molar-refractivity contribution in [1.82, 2.24) is 14.9 Å². The second-order valence-electron chi connectivity index (χ2n) is 10.9. The van der Waals surface area contributed by atoms with E-state index >= 15 is 0 Å². The minimum Gasteiger partial charge on any atom is -0.386 e. The first-order valence-corrected chi connectivity index (χ1v) is 13.1. The number of hydrogen-bond donors (Lipinski definition) is 3. The van der Waals surface area contributed by atoms with Gasteiger partial charge in [0, 0.05) is 30.4 Å². The molecule has 1 aliphatic rings. The Labute approximate surface area is 213 Å². The molecule has 1 saturated heterocycles. The quantitative estimate of drug-likeness (QED) is 0.335. The van der Waals surface area contributed by atoms with Crippen molar-refractivity contribution in [2.75, 3.05) is 13.1 Å². The van der Waals surface area contributed by atoms with Gasteiger partial charge in [-0.05, 0) is 105 Å². The lowest BCUT2D eigenvalue weighted by molar-refractivity contribution is 0.0786. The molecule has 3 N–H and O–H groups in total. The number of nitrogens with one attached hydrogen (secondary N) is 2. The Morgan fingerprint density at radius 3 is 2.44 bits per heavy atom. The normalized spacial score (nSPS) is 15.0. The molecule has 3 heterocycles. The fraction of sp³-hybridized carbons (Fsp3) is 0.387. The summed E-state index contributed by atoms with van der Waals surface area (Å²) in [5.74, 6) is 0.842. The van der Waals surface area contributed by atoms with Crippen LogP contribution in [0, 0.1) is 5.92 Å². The first-order valence-electron chi connectivity index (χ1n) is 13.1. The maximum absolute atomic E-state index is 12.6. The zero-order valence-corrected chi connectivity index (χ0v) is 21.6. The summed E-state index contributed by atoms with van der Waals surface area (Å²) in [5.41, 5.74) is 6.33. The number of nitrogens with zero attached hydrogens (tertiary/aromatic N) is 1. The third-order valence-electron chi connectivity index (χ3n) is 7.72. The summed E-state index contributed by atoms with van der Waals surface area (Å²) in [5, 5.41) is 15.1. The van der Waals surface area contributed by atoms with Gasteiger partial charge in [-0.3, -0.25) is 4.79 Å². The van der Waals surface area contributed by atoms with Crippen LogP contribution in [0.1, 0.15) is 55.4 Å². The predicted octanol–water partition coefficient (Wildman–Crippen LogP) is 5.28. The van der Waals surface area contributed by atoms with Gasteiger partial charge in [0.25, 0.3) is 5.56 Å². The molecule has 0 bridgehead atoms. The van der Waals surface area contributed by atoms with E-state index in [0.29, 0.717) is 5.52 Å². The number of aromatic amines is 1. The smallest absolute Gasteiger partial charge is 0.274 e. The monoisotopic (exact) mass is 483 g/mol. The van der Waals surface area contributed by atoms with Crippen LogP contribution in [-0.4, -0.2) is 27.7 Å². The molecule has 0 unspecified atom stereocenters. The van der Waals surface area contributed by atoms with Gasteiger partial charge in [0.1, 0.15) is 5.52 Å². The van der Waals surface area contributed by atoms with Crippen LogP contribution in [0.25, 0.3) is 22.0 Å². The first-order chi connectivity index (χ1) is 17.3. The van der Waals surface area contributed by atoms with Crippen LogP contribution in [0.5, 0.6) is 0 Å². The largest absolute Gasteiger partial charge is 0.386 e. The van der Waals surface area contributed by atoms with Crippen molar-refractivity contribution in [3.8, 4) is 11.1 Å². The van der Waals surface area contributed by atoms with Gasteiger partial charge in [-0.25, -0.2) is 0 Å². The molecule has 1 fully saturated rings. The number of rotatable bonds is 7. The van der Waals surface area contributed by atoms with E-state index in [0.717, 1.165) is 53.9 Å². The molecule has 0 saturated carbocycles. The number of hydrogen-bond acceptors (Lipinski definition) is 3. The summed E-state index contributed by atoms with van der Waals surface area (Å²) in [6.45, 7) is 5.92. The lowest BCUT2D eigenvalue weighted by atomic mass is 9.88. The lowest BCUT2D eigenvalue weighted by Gasteiger charge is -2.22. The summed E-state index contributed by atoms with van der Waals surface area (Å²) in [7, 11) is 1.79. The van der Waals surface area contributed by atoms with Crippen molar-refractivity contribution in [3.05, 3.63) is 93.5 Å². The highest BCUT2D eigenvalue weighted by Crippen LogP contribution is 2.34. The van der Waals surface area contributed by atoms with Gasteiger partial charge >= 0.3 is 0 Å². The third-order valence-corrected chi connectivity index (χ3v) is 7.72. The van der Waals surface area contributed by atoms with E-state index in [9.17, 15) is 9.90 Å². The van der Waals surface area contributed by atoms with E-state index in [1.807, 2.05) is 24.5 Å². The molecule has 0 spiro atoms. The Bertz CT molecular complexity index is 1400. The zero-order valence-electron chi connectivity index (χ0n) is 21.6. The fourth-order valence-electron chi connectivity index (χ4n) is 5.43. The molecule has 5 rings (SSSR count). The molecule has 0 radical (unpaired) electrons. The molecule has 5 heteroatoms. The number of aromatic nitrogens is 2. The van der Waals surface area contributed by atoms with E-state index in [-0.39, 0.29) is 5.56 Å². The molecular weight excluding hydrogens is 446 g/mol. The van der Waals surface area contributed by atoms with Crippen LogP contribution in [0.4, 0.5) is 0 Å². The average Bonchev–Trinajstić information content (AvgIpc) is 3.37. The topological polar surface area (TPSA) is 70.0 Å². The van der Waals surface area contributed by atoms with Crippen molar-refractivity contribution in [2.24, 2.45) is 13.0 Å². The highest BCUT2D eigenvalue weighted by atomic mass is 16.3. The molecule has 1 aliphatic heterocycles. The van der Waals surface area contributed by atoms with Crippen LogP contribution in [0.15, 0.2) is 65.7 Å². The molecule has 5 nitrogen and oxygen atoms in total. The van der Waals surface area contributed by atoms with Crippen LogP contribution in [-0.2, 0) is 25.5 Å². The van der Waals surface area contributed by atoms with Crippen molar-refractivity contribution < 1.29 is 5.11 Å². The Kier molecular flexibility index (Phi) is 6.87. The molecule has 0 atom stereocenters. The lowest BCUT2D eigenvalue weighted by Crippen LogP contribution is -2.27. The second-order valence-corrected chi connectivity index (χ2v) is 10.9. The minimum atomic E-state index is -0.957. The molecule has 0 aliphatic carbocycles. The number of piperidine rings is 1. The molecule has 2 aromatic carbocycles. The van der Waals surface area contributed by atoms with Crippen LogP contribution < -0.4 is 10.9 Å². The number of pyridine rings is 1. The van der Waals surface area contributed by atoms with Crippen LogP contribution in [0.2, 0.25) is 0 Å². The molecule has 36 heavy (non-hydrogen) atoms. The number of aryl methyl sites for hydroxylation is 2. The van der Waals surface area contributed by atoms with E-state index < -0.39 is 5.60 Å². The number of benzene rings is 2. The highest BCUT2D eigenvalue weighted by Gasteiger charge is 2.20. The Morgan fingerprint density at radius 2 is 1.72 bits per heavy atom. The van der Waals surface area contributed by atoms with Crippen molar-refractivity contribution >= 4 is 10.9 Å². The number of H-pyrrole nitrogens is 1. The average molecular weight is 484 g/mol. The van der Waals surface area contributed by atoms with E-state index in [1.54, 1.807) is 25.5 Å². The Hall–Kier alpha value is -3.15. The van der Waals surface area contributed by atoms with Gasteiger partial charge in [-0.2, -0.15) is 0 Å².